The standard InChI is InChI=1S/C20H21ClN2O2/c1-2-3-14-22-20(25)17-6-4-5-7-18(17)23-19(24)13-10-15-8-11-16(21)12-9-15/h4-13H,2-3,14H2,1H3,(H,22,25)(H,23,24)/b13-10+. The summed E-state index contributed by atoms with van der Waals surface area (Å²) in [4.78, 5) is 24.4. The van der Waals surface area contributed by atoms with Crippen molar-refractivity contribution in [3.63, 3.8) is 0 Å². The van der Waals surface area contributed by atoms with Crippen LogP contribution in [-0.2, 0) is 4.79 Å². The van der Waals surface area contributed by atoms with Crippen molar-refractivity contribution in [3.8, 4) is 0 Å². The van der Waals surface area contributed by atoms with Crippen LogP contribution in [0, 0.1) is 0 Å². The molecule has 2 N–H and O–H groups in total. The Morgan fingerprint density at radius 3 is 2.52 bits per heavy atom. The first-order valence-corrected chi connectivity index (χ1v) is 8.60. The molecule has 0 unspecified atom stereocenters. The first-order valence-electron chi connectivity index (χ1n) is 8.22. The van der Waals surface area contributed by atoms with Crippen LogP contribution in [0.3, 0.4) is 0 Å². The molecule has 0 heterocycles. The van der Waals surface area contributed by atoms with Crippen LogP contribution in [0.1, 0.15) is 35.7 Å². The van der Waals surface area contributed by atoms with Gasteiger partial charge in [0.05, 0.1) is 11.3 Å². The van der Waals surface area contributed by atoms with Crippen molar-refractivity contribution >= 4 is 35.2 Å². The maximum absolute atomic E-state index is 12.2. The minimum atomic E-state index is -0.302. The van der Waals surface area contributed by atoms with Crippen LogP contribution in [0.4, 0.5) is 5.69 Å². The van der Waals surface area contributed by atoms with Crippen LogP contribution in [-0.4, -0.2) is 18.4 Å². The van der Waals surface area contributed by atoms with E-state index in [0.717, 1.165) is 18.4 Å². The first kappa shape index (κ1) is 18.7. The number of nitrogens with one attached hydrogen (secondary N) is 2. The average Bonchev–Trinajstić information content (AvgIpc) is 2.62. The number of rotatable bonds is 7. The molecule has 130 valence electrons. The number of para-hydroxylation sites is 1. The SMILES string of the molecule is CCCCNC(=O)c1ccccc1NC(=O)/C=C/c1ccc(Cl)cc1. The quantitative estimate of drug-likeness (QED) is 0.566. The predicted octanol–water partition coefficient (Wildman–Crippen LogP) is 4.52. The Kier molecular flexibility index (Phi) is 7.23. The molecule has 0 saturated heterocycles. The molecule has 2 aromatic rings. The van der Waals surface area contributed by atoms with E-state index in [4.69, 9.17) is 11.6 Å². The zero-order chi connectivity index (χ0) is 18.1. The predicted molar refractivity (Wildman–Crippen MR) is 103 cm³/mol. The van der Waals surface area contributed by atoms with Gasteiger partial charge in [-0.1, -0.05) is 49.2 Å². The molecule has 0 bridgehead atoms. The fourth-order valence-electron chi connectivity index (χ4n) is 2.18. The number of carbonyl (C=O) groups is 2. The second kappa shape index (κ2) is 9.64. The maximum Gasteiger partial charge on any atom is 0.253 e. The zero-order valence-electron chi connectivity index (χ0n) is 14.1. The van der Waals surface area contributed by atoms with Gasteiger partial charge in [-0.2, -0.15) is 0 Å². The van der Waals surface area contributed by atoms with Crippen molar-refractivity contribution in [2.24, 2.45) is 0 Å². The van der Waals surface area contributed by atoms with Gasteiger partial charge in [0.1, 0.15) is 0 Å². The lowest BCUT2D eigenvalue weighted by Crippen LogP contribution is -2.25. The van der Waals surface area contributed by atoms with E-state index >= 15 is 0 Å². The van der Waals surface area contributed by atoms with Crippen LogP contribution in [0.5, 0.6) is 0 Å². The molecular weight excluding hydrogens is 336 g/mol. The van der Waals surface area contributed by atoms with Gasteiger partial charge in [-0.25, -0.2) is 0 Å². The lowest BCUT2D eigenvalue weighted by molar-refractivity contribution is -0.111. The second-order valence-electron chi connectivity index (χ2n) is 5.53. The second-order valence-corrected chi connectivity index (χ2v) is 5.97. The van der Waals surface area contributed by atoms with Crippen molar-refractivity contribution in [1.82, 2.24) is 5.32 Å². The van der Waals surface area contributed by atoms with Gasteiger partial charge in [-0.15, -0.1) is 0 Å². The number of benzene rings is 2. The molecule has 25 heavy (non-hydrogen) atoms. The summed E-state index contributed by atoms with van der Waals surface area (Å²) in [6.07, 6.45) is 5.04. The highest BCUT2D eigenvalue weighted by Crippen LogP contribution is 2.15. The molecule has 2 amide bonds. The van der Waals surface area contributed by atoms with E-state index in [9.17, 15) is 9.59 Å². The third-order valence-electron chi connectivity index (χ3n) is 3.54. The number of hydrogen-bond acceptors (Lipinski definition) is 2. The van der Waals surface area contributed by atoms with Crippen LogP contribution < -0.4 is 10.6 Å². The van der Waals surface area contributed by atoms with Gasteiger partial charge in [0, 0.05) is 17.6 Å². The molecule has 0 aromatic heterocycles. The van der Waals surface area contributed by atoms with Crippen LogP contribution in [0.15, 0.2) is 54.6 Å². The summed E-state index contributed by atoms with van der Waals surface area (Å²) in [5, 5.41) is 6.25. The van der Waals surface area contributed by atoms with Crippen molar-refractivity contribution in [2.45, 2.75) is 19.8 Å². The molecule has 5 heteroatoms. The number of amides is 2. The first-order chi connectivity index (χ1) is 12.1. The fourth-order valence-corrected chi connectivity index (χ4v) is 2.31. The van der Waals surface area contributed by atoms with E-state index in [0.29, 0.717) is 22.8 Å². The van der Waals surface area contributed by atoms with E-state index in [1.54, 1.807) is 42.5 Å². The van der Waals surface area contributed by atoms with Gasteiger partial charge in [-0.3, -0.25) is 9.59 Å². The van der Waals surface area contributed by atoms with E-state index in [1.165, 1.54) is 6.08 Å². The molecule has 0 aliphatic rings. The molecule has 0 fully saturated rings. The Bertz CT molecular complexity index is 755. The van der Waals surface area contributed by atoms with Gasteiger partial charge in [0.2, 0.25) is 5.91 Å². The molecule has 0 aliphatic heterocycles. The monoisotopic (exact) mass is 356 g/mol. The Morgan fingerprint density at radius 2 is 1.80 bits per heavy atom. The van der Waals surface area contributed by atoms with Gasteiger partial charge < -0.3 is 10.6 Å². The summed E-state index contributed by atoms with van der Waals surface area (Å²) in [6.45, 7) is 2.68. The van der Waals surface area contributed by atoms with Gasteiger partial charge in [-0.05, 0) is 42.3 Å². The van der Waals surface area contributed by atoms with Crippen LogP contribution in [0.25, 0.3) is 6.08 Å². The molecule has 0 aliphatic carbocycles. The number of hydrogen-bond donors (Lipinski definition) is 2. The van der Waals surface area contributed by atoms with Crippen molar-refractivity contribution in [2.75, 3.05) is 11.9 Å². The largest absolute Gasteiger partial charge is 0.352 e. The number of halogens is 1. The number of carbonyl (C=O) groups excluding carboxylic acids is 2. The van der Waals surface area contributed by atoms with E-state index in [-0.39, 0.29) is 11.8 Å². The lowest BCUT2D eigenvalue weighted by Gasteiger charge is -2.10. The Hall–Kier alpha value is -2.59. The molecular formula is C20H21ClN2O2. The van der Waals surface area contributed by atoms with Crippen LogP contribution >= 0.6 is 11.6 Å². The van der Waals surface area contributed by atoms with Crippen LogP contribution in [0.2, 0.25) is 5.02 Å². The van der Waals surface area contributed by atoms with Crippen molar-refractivity contribution in [1.29, 1.82) is 0 Å². The number of unbranched alkanes of at least 4 members (excludes halogenated alkanes) is 1. The zero-order valence-corrected chi connectivity index (χ0v) is 14.8. The van der Waals surface area contributed by atoms with Gasteiger partial charge >= 0.3 is 0 Å². The molecule has 0 atom stereocenters. The minimum Gasteiger partial charge on any atom is -0.352 e. The summed E-state index contributed by atoms with van der Waals surface area (Å²) in [6, 6.07) is 14.1. The third-order valence-corrected chi connectivity index (χ3v) is 3.79. The highest BCUT2D eigenvalue weighted by atomic mass is 35.5. The summed E-state index contributed by atoms with van der Waals surface area (Å²) in [5.74, 6) is -0.491. The topological polar surface area (TPSA) is 58.2 Å². The molecule has 0 radical (unpaired) electrons. The van der Waals surface area contributed by atoms with Crippen molar-refractivity contribution in [3.05, 3.63) is 70.8 Å². The third kappa shape index (κ3) is 6.08. The smallest absolute Gasteiger partial charge is 0.253 e. The number of anilines is 1. The Morgan fingerprint density at radius 1 is 1.08 bits per heavy atom. The highest BCUT2D eigenvalue weighted by Gasteiger charge is 2.11. The fraction of sp³-hybridized carbons (Fsp3) is 0.200. The molecule has 2 aromatic carbocycles. The molecule has 0 saturated carbocycles. The molecule has 4 nitrogen and oxygen atoms in total. The summed E-state index contributed by atoms with van der Waals surface area (Å²) < 4.78 is 0. The highest BCUT2D eigenvalue weighted by molar-refractivity contribution is 6.30. The Labute approximate surface area is 152 Å². The van der Waals surface area contributed by atoms with E-state index in [2.05, 4.69) is 17.6 Å². The normalized spacial score (nSPS) is 10.6. The van der Waals surface area contributed by atoms with Crippen molar-refractivity contribution < 1.29 is 9.59 Å². The minimum absolute atomic E-state index is 0.189. The summed E-state index contributed by atoms with van der Waals surface area (Å²) >= 11 is 5.83. The summed E-state index contributed by atoms with van der Waals surface area (Å²) in [5.41, 5.74) is 1.80. The maximum atomic E-state index is 12.2. The van der Waals surface area contributed by atoms with Gasteiger partial charge in [0.25, 0.3) is 5.91 Å². The molecule has 2 rings (SSSR count). The van der Waals surface area contributed by atoms with E-state index < -0.39 is 0 Å². The Balaban J connectivity index is 2.02. The van der Waals surface area contributed by atoms with Gasteiger partial charge in [0.15, 0.2) is 0 Å². The average molecular weight is 357 g/mol. The molecule has 0 spiro atoms. The van der Waals surface area contributed by atoms with E-state index in [1.807, 2.05) is 12.1 Å². The summed E-state index contributed by atoms with van der Waals surface area (Å²) in [7, 11) is 0. The lowest BCUT2D eigenvalue weighted by atomic mass is 10.1.